The van der Waals surface area contributed by atoms with Gasteiger partial charge in [0.1, 0.15) is 5.75 Å². The molecule has 0 unspecified atom stereocenters. The van der Waals surface area contributed by atoms with Crippen LogP contribution in [0.3, 0.4) is 0 Å². The number of allylic oxidation sites excluding steroid dienone is 3. The first-order valence-corrected chi connectivity index (χ1v) is 13.3. The van der Waals surface area contributed by atoms with Crippen LogP contribution in [-0.2, 0) is 9.59 Å². The fraction of sp³-hybridized carbons (Fsp3) is 0.273. The maximum absolute atomic E-state index is 14.0. The Labute approximate surface area is 234 Å². The van der Waals surface area contributed by atoms with Crippen molar-refractivity contribution in [3.8, 4) is 17.2 Å². The largest absolute Gasteiger partial charge is 0.497 e. The third-order valence-electron chi connectivity index (χ3n) is 7.77. The first-order valence-electron chi connectivity index (χ1n) is 13.3. The average Bonchev–Trinajstić information content (AvgIpc) is 2.97. The van der Waals surface area contributed by atoms with Crippen molar-refractivity contribution in [1.29, 1.82) is 0 Å². The minimum atomic E-state index is -0.533. The quantitative estimate of drug-likeness (QED) is 0.383. The van der Waals surface area contributed by atoms with Gasteiger partial charge in [-0.3, -0.25) is 9.59 Å². The molecule has 0 saturated carbocycles. The summed E-state index contributed by atoms with van der Waals surface area (Å²) in [6.07, 6.45) is 0.948. The molecule has 3 aromatic carbocycles. The van der Waals surface area contributed by atoms with Crippen LogP contribution in [0.2, 0.25) is 0 Å². The summed E-state index contributed by atoms with van der Waals surface area (Å²) in [6, 6.07) is 21.1. The fourth-order valence-corrected chi connectivity index (χ4v) is 5.74. The van der Waals surface area contributed by atoms with Gasteiger partial charge in [0.05, 0.1) is 21.3 Å². The molecule has 1 aliphatic heterocycles. The predicted molar refractivity (Wildman–Crippen MR) is 155 cm³/mol. The summed E-state index contributed by atoms with van der Waals surface area (Å²) in [5.41, 5.74) is 6.25. The van der Waals surface area contributed by atoms with Crippen molar-refractivity contribution < 1.29 is 23.8 Å². The van der Waals surface area contributed by atoms with Gasteiger partial charge < -0.3 is 24.8 Å². The third kappa shape index (κ3) is 5.07. The molecule has 40 heavy (non-hydrogen) atoms. The van der Waals surface area contributed by atoms with Gasteiger partial charge >= 0.3 is 0 Å². The van der Waals surface area contributed by atoms with E-state index >= 15 is 0 Å². The predicted octanol–water partition coefficient (Wildman–Crippen LogP) is 6.02. The molecule has 2 N–H and O–H groups in total. The molecule has 5 rings (SSSR count). The topological polar surface area (TPSA) is 85.9 Å². The number of para-hydroxylation sites is 1. The lowest BCUT2D eigenvalue weighted by Crippen LogP contribution is -2.37. The second-order valence-corrected chi connectivity index (χ2v) is 10.2. The highest BCUT2D eigenvalue weighted by molar-refractivity contribution is 6.10. The van der Waals surface area contributed by atoms with Crippen LogP contribution in [0.5, 0.6) is 17.2 Å². The third-order valence-corrected chi connectivity index (χ3v) is 7.77. The Morgan fingerprint density at radius 3 is 2.35 bits per heavy atom. The number of dihydropyridines is 1. The lowest BCUT2D eigenvalue weighted by Gasteiger charge is -2.37. The Balaban J connectivity index is 1.56. The summed E-state index contributed by atoms with van der Waals surface area (Å²) in [5, 5.41) is 6.53. The Morgan fingerprint density at radius 1 is 0.850 bits per heavy atom. The number of anilines is 1. The Kier molecular flexibility index (Phi) is 7.65. The standard InChI is InChI=1S/C33H34N2O5/c1-19-9-6-7-12-25(19)35-33(37)30-20(2)34-26-16-23(21-13-14-28(39-4)29(18-21)40-5)17-27(36)32(26)31(30)22-10-8-11-24(15-22)38-3/h6-15,18,23,31,34H,16-17H2,1-5H3,(H,35,37)/t23-,31+/m0/s1. The van der Waals surface area contributed by atoms with Crippen LogP contribution in [-0.4, -0.2) is 33.0 Å². The van der Waals surface area contributed by atoms with E-state index in [2.05, 4.69) is 10.6 Å². The van der Waals surface area contributed by atoms with E-state index in [1.807, 2.05) is 80.6 Å². The van der Waals surface area contributed by atoms with E-state index < -0.39 is 5.92 Å². The molecule has 0 saturated heterocycles. The zero-order chi connectivity index (χ0) is 28.4. The number of hydrogen-bond acceptors (Lipinski definition) is 6. The minimum absolute atomic E-state index is 0.00930. The van der Waals surface area contributed by atoms with Crippen LogP contribution in [0.15, 0.2) is 89.3 Å². The van der Waals surface area contributed by atoms with Gasteiger partial charge in [0.25, 0.3) is 5.91 Å². The zero-order valence-electron chi connectivity index (χ0n) is 23.5. The highest BCUT2D eigenvalue weighted by atomic mass is 16.5. The van der Waals surface area contributed by atoms with Gasteiger partial charge in [0, 0.05) is 40.6 Å². The van der Waals surface area contributed by atoms with Crippen LogP contribution < -0.4 is 24.8 Å². The number of ether oxygens (including phenoxy) is 3. The van der Waals surface area contributed by atoms with E-state index in [4.69, 9.17) is 14.2 Å². The van der Waals surface area contributed by atoms with Crippen LogP contribution in [0, 0.1) is 6.92 Å². The highest BCUT2D eigenvalue weighted by Crippen LogP contribution is 2.47. The highest BCUT2D eigenvalue weighted by Gasteiger charge is 2.41. The van der Waals surface area contributed by atoms with Crippen molar-refractivity contribution in [2.24, 2.45) is 0 Å². The molecular formula is C33H34N2O5. The van der Waals surface area contributed by atoms with E-state index in [0.29, 0.717) is 41.2 Å². The number of carbonyl (C=O) groups excluding carboxylic acids is 2. The normalized spacial score (nSPS) is 18.6. The summed E-state index contributed by atoms with van der Waals surface area (Å²) in [6.45, 7) is 3.85. The van der Waals surface area contributed by atoms with Gasteiger partial charge in [0.15, 0.2) is 17.3 Å². The summed E-state index contributed by atoms with van der Waals surface area (Å²) >= 11 is 0. The number of methoxy groups -OCH3 is 3. The van der Waals surface area contributed by atoms with Gasteiger partial charge in [0.2, 0.25) is 0 Å². The second-order valence-electron chi connectivity index (χ2n) is 10.2. The molecule has 0 fully saturated rings. The second kappa shape index (κ2) is 11.3. The van der Waals surface area contributed by atoms with E-state index in [1.165, 1.54) is 0 Å². The molecule has 0 radical (unpaired) electrons. The zero-order valence-corrected chi connectivity index (χ0v) is 23.5. The van der Waals surface area contributed by atoms with Gasteiger partial charge in [-0.05, 0) is 73.2 Å². The summed E-state index contributed by atoms with van der Waals surface area (Å²) in [5.74, 6) is 1.13. The van der Waals surface area contributed by atoms with Crippen molar-refractivity contribution >= 4 is 17.4 Å². The maximum Gasteiger partial charge on any atom is 0.254 e. The Bertz CT molecular complexity index is 1540. The van der Waals surface area contributed by atoms with E-state index in [-0.39, 0.29) is 17.6 Å². The van der Waals surface area contributed by atoms with Crippen molar-refractivity contribution in [2.75, 3.05) is 26.6 Å². The molecule has 0 aromatic heterocycles. The number of nitrogens with one attached hydrogen (secondary N) is 2. The number of hydrogen-bond donors (Lipinski definition) is 2. The smallest absolute Gasteiger partial charge is 0.254 e. The van der Waals surface area contributed by atoms with Gasteiger partial charge in [-0.15, -0.1) is 0 Å². The molecule has 2 atom stereocenters. The molecule has 1 heterocycles. The molecule has 0 spiro atoms. The van der Waals surface area contributed by atoms with Crippen molar-refractivity contribution in [3.63, 3.8) is 0 Å². The number of benzene rings is 3. The van der Waals surface area contributed by atoms with E-state index in [1.54, 1.807) is 21.3 Å². The van der Waals surface area contributed by atoms with Crippen molar-refractivity contribution in [3.05, 3.63) is 106 Å². The van der Waals surface area contributed by atoms with Crippen LogP contribution in [0.4, 0.5) is 5.69 Å². The number of carbonyl (C=O) groups is 2. The molecule has 1 aliphatic carbocycles. The average molecular weight is 539 g/mol. The van der Waals surface area contributed by atoms with Crippen LogP contribution in [0.1, 0.15) is 48.3 Å². The van der Waals surface area contributed by atoms with Crippen LogP contribution >= 0.6 is 0 Å². The number of amides is 1. The SMILES string of the molecule is COc1cccc([C@@H]2C(C(=O)Nc3ccccc3C)=C(C)NC3=C2C(=O)C[C@@H](c2ccc(OC)c(OC)c2)C3)c1. The summed E-state index contributed by atoms with van der Waals surface area (Å²) in [7, 11) is 4.82. The molecule has 206 valence electrons. The maximum atomic E-state index is 14.0. The van der Waals surface area contributed by atoms with Gasteiger partial charge in [-0.2, -0.15) is 0 Å². The Hall–Kier alpha value is -4.52. The monoisotopic (exact) mass is 538 g/mol. The molecule has 3 aromatic rings. The number of aryl methyl sites for hydroxylation is 1. The number of ketones is 1. The molecule has 2 aliphatic rings. The van der Waals surface area contributed by atoms with E-state index in [9.17, 15) is 9.59 Å². The van der Waals surface area contributed by atoms with Gasteiger partial charge in [-0.1, -0.05) is 36.4 Å². The van der Waals surface area contributed by atoms with Crippen molar-refractivity contribution in [2.45, 2.75) is 38.5 Å². The minimum Gasteiger partial charge on any atom is -0.497 e. The van der Waals surface area contributed by atoms with Crippen molar-refractivity contribution in [1.82, 2.24) is 5.32 Å². The van der Waals surface area contributed by atoms with Crippen LogP contribution in [0.25, 0.3) is 0 Å². The van der Waals surface area contributed by atoms with E-state index in [0.717, 1.165) is 33.8 Å². The van der Waals surface area contributed by atoms with Gasteiger partial charge in [-0.25, -0.2) is 0 Å². The lowest BCUT2D eigenvalue weighted by molar-refractivity contribution is -0.116. The molecule has 7 nitrogen and oxygen atoms in total. The summed E-state index contributed by atoms with van der Waals surface area (Å²) < 4.78 is 16.4. The first-order chi connectivity index (χ1) is 19.3. The molecular weight excluding hydrogens is 504 g/mol. The number of rotatable bonds is 7. The number of Topliss-reactive ketones (excluding diaryl/α,β-unsaturated/α-hetero) is 1. The molecule has 1 amide bonds. The fourth-order valence-electron chi connectivity index (χ4n) is 5.74. The lowest BCUT2D eigenvalue weighted by atomic mass is 9.71. The molecule has 0 bridgehead atoms. The Morgan fingerprint density at radius 2 is 1.62 bits per heavy atom. The summed E-state index contributed by atoms with van der Waals surface area (Å²) in [4.78, 5) is 27.8. The molecule has 7 heteroatoms. The first kappa shape index (κ1) is 27.1.